The molecule has 0 fully saturated rings. The number of hydrogen-bond acceptors (Lipinski definition) is 2. The molecule has 1 aromatic carbocycles. The van der Waals surface area contributed by atoms with Crippen LogP contribution in [-0.4, -0.2) is 11.9 Å². The van der Waals surface area contributed by atoms with Crippen molar-refractivity contribution in [2.45, 2.75) is 26.2 Å². The largest absolute Gasteiger partial charge is 0.508 e. The summed E-state index contributed by atoms with van der Waals surface area (Å²) in [6.45, 7) is 8.38. The van der Waals surface area contributed by atoms with Gasteiger partial charge in [-0.15, -0.1) is 0 Å². The Morgan fingerprint density at radius 2 is 1.77 bits per heavy atom. The molecule has 0 bridgehead atoms. The number of aromatic hydroxyl groups is 1. The molecule has 0 aliphatic carbocycles. The summed E-state index contributed by atoms with van der Waals surface area (Å²) in [5, 5.41) is 9.18. The number of benzene rings is 1. The second-order valence-corrected chi connectivity index (χ2v) is 3.80. The van der Waals surface area contributed by atoms with Gasteiger partial charge in [0.25, 0.3) is 0 Å². The van der Waals surface area contributed by atoms with E-state index < -0.39 is 0 Å². The Bertz CT molecular complexity index is 261. The van der Waals surface area contributed by atoms with Crippen molar-refractivity contribution in [1.82, 2.24) is 0 Å². The van der Waals surface area contributed by atoms with Gasteiger partial charge in [-0.1, -0.05) is 32.9 Å². The maximum atomic E-state index is 9.18. The van der Waals surface area contributed by atoms with E-state index in [9.17, 15) is 5.11 Å². The minimum atomic E-state index is 0.124. The third kappa shape index (κ3) is 3.74. The third-order valence-corrected chi connectivity index (χ3v) is 1.71. The van der Waals surface area contributed by atoms with E-state index in [2.05, 4.69) is 20.8 Å². The van der Waals surface area contributed by atoms with Crippen LogP contribution in [0.4, 0.5) is 0 Å². The highest BCUT2D eigenvalue weighted by molar-refractivity contribution is 5.31. The Morgan fingerprint density at radius 1 is 1.23 bits per heavy atom. The highest BCUT2D eigenvalue weighted by atomic mass is 16.3. The lowest BCUT2D eigenvalue weighted by Gasteiger charge is -2.18. The van der Waals surface area contributed by atoms with Crippen LogP contribution in [0.2, 0.25) is 0 Å². The molecule has 72 valence electrons. The van der Waals surface area contributed by atoms with Crippen LogP contribution in [0, 0.1) is 0 Å². The van der Waals surface area contributed by atoms with Gasteiger partial charge in [-0.05, 0) is 23.1 Å². The molecule has 0 atom stereocenters. The zero-order valence-electron chi connectivity index (χ0n) is 8.37. The van der Waals surface area contributed by atoms with E-state index in [0.29, 0.717) is 5.75 Å². The predicted octanol–water partition coefficient (Wildman–Crippen LogP) is 2.50. The highest BCUT2D eigenvalue weighted by Gasteiger charge is 2.12. The molecular formula is C11H16O2. The van der Waals surface area contributed by atoms with E-state index >= 15 is 0 Å². The molecule has 0 saturated heterocycles. The standard InChI is InChI=1S/C10H14O.CH2O/c1-10(2,3)8-5-4-6-9(11)7-8;1-2/h4-7,11H,1-3H3;1H2. The van der Waals surface area contributed by atoms with Crippen LogP contribution in [0.1, 0.15) is 26.3 Å². The predicted molar refractivity (Wildman–Crippen MR) is 53.9 cm³/mol. The molecule has 0 spiro atoms. The molecule has 0 saturated carbocycles. The van der Waals surface area contributed by atoms with Crippen LogP contribution in [0.5, 0.6) is 5.75 Å². The van der Waals surface area contributed by atoms with Crippen LogP contribution < -0.4 is 0 Å². The van der Waals surface area contributed by atoms with Gasteiger partial charge in [0.15, 0.2) is 0 Å². The number of carbonyl (C=O) groups excluding carboxylic acids is 1. The van der Waals surface area contributed by atoms with Crippen molar-refractivity contribution in [3.8, 4) is 5.75 Å². The van der Waals surface area contributed by atoms with Gasteiger partial charge in [0.2, 0.25) is 0 Å². The molecule has 0 aromatic heterocycles. The summed E-state index contributed by atoms with van der Waals surface area (Å²) < 4.78 is 0. The Balaban J connectivity index is 0.000000671. The average Bonchev–Trinajstić information content (AvgIpc) is 2.06. The van der Waals surface area contributed by atoms with Crippen LogP contribution in [0.3, 0.4) is 0 Å². The molecule has 1 N–H and O–H groups in total. The number of hydrogen-bond donors (Lipinski definition) is 1. The maximum absolute atomic E-state index is 9.18. The lowest BCUT2D eigenvalue weighted by atomic mass is 9.87. The first-order valence-electron chi connectivity index (χ1n) is 4.08. The molecule has 0 radical (unpaired) electrons. The fourth-order valence-corrected chi connectivity index (χ4v) is 0.972. The van der Waals surface area contributed by atoms with Gasteiger partial charge < -0.3 is 9.90 Å². The van der Waals surface area contributed by atoms with Gasteiger partial charge in [-0.25, -0.2) is 0 Å². The number of carbonyl (C=O) groups is 1. The highest BCUT2D eigenvalue weighted by Crippen LogP contribution is 2.24. The van der Waals surface area contributed by atoms with E-state index in [0.717, 1.165) is 5.56 Å². The normalized spacial score (nSPS) is 10.1. The van der Waals surface area contributed by atoms with Crippen molar-refractivity contribution in [2.24, 2.45) is 0 Å². The van der Waals surface area contributed by atoms with E-state index in [1.54, 1.807) is 12.1 Å². The fourth-order valence-electron chi connectivity index (χ4n) is 0.972. The van der Waals surface area contributed by atoms with Crippen molar-refractivity contribution in [3.05, 3.63) is 29.8 Å². The number of phenols is 1. The van der Waals surface area contributed by atoms with Crippen LogP contribution >= 0.6 is 0 Å². The molecule has 0 aliphatic heterocycles. The second-order valence-electron chi connectivity index (χ2n) is 3.80. The molecule has 1 rings (SSSR count). The Hall–Kier alpha value is -1.31. The van der Waals surface area contributed by atoms with Gasteiger partial charge in [0, 0.05) is 0 Å². The first-order chi connectivity index (χ1) is 6.00. The number of rotatable bonds is 0. The van der Waals surface area contributed by atoms with Gasteiger partial charge in [-0.3, -0.25) is 0 Å². The zero-order chi connectivity index (χ0) is 10.5. The van der Waals surface area contributed by atoms with Crippen molar-refractivity contribution in [2.75, 3.05) is 0 Å². The van der Waals surface area contributed by atoms with Crippen LogP contribution in [0.15, 0.2) is 24.3 Å². The van der Waals surface area contributed by atoms with E-state index in [1.165, 1.54) is 0 Å². The quantitative estimate of drug-likeness (QED) is 0.666. The van der Waals surface area contributed by atoms with E-state index in [1.807, 2.05) is 18.9 Å². The first-order valence-corrected chi connectivity index (χ1v) is 4.08. The van der Waals surface area contributed by atoms with Crippen molar-refractivity contribution >= 4 is 6.79 Å². The second kappa shape index (κ2) is 4.65. The Labute approximate surface area is 79.2 Å². The van der Waals surface area contributed by atoms with Crippen LogP contribution in [-0.2, 0) is 10.2 Å². The monoisotopic (exact) mass is 180 g/mol. The molecule has 1 aromatic rings. The van der Waals surface area contributed by atoms with Crippen LogP contribution in [0.25, 0.3) is 0 Å². The van der Waals surface area contributed by atoms with Gasteiger partial charge in [0.1, 0.15) is 12.5 Å². The summed E-state index contributed by atoms with van der Waals surface area (Å²) in [7, 11) is 0. The summed E-state index contributed by atoms with van der Waals surface area (Å²) in [6, 6.07) is 7.39. The topological polar surface area (TPSA) is 37.3 Å². The molecule has 0 unspecified atom stereocenters. The minimum absolute atomic E-state index is 0.124. The molecule has 0 amide bonds. The molecular weight excluding hydrogens is 164 g/mol. The molecule has 13 heavy (non-hydrogen) atoms. The summed E-state index contributed by atoms with van der Waals surface area (Å²) >= 11 is 0. The third-order valence-electron chi connectivity index (χ3n) is 1.71. The summed E-state index contributed by atoms with van der Waals surface area (Å²) in [4.78, 5) is 8.00. The van der Waals surface area contributed by atoms with Crippen molar-refractivity contribution < 1.29 is 9.90 Å². The average molecular weight is 180 g/mol. The van der Waals surface area contributed by atoms with Gasteiger partial charge >= 0.3 is 0 Å². The summed E-state index contributed by atoms with van der Waals surface area (Å²) in [6.07, 6.45) is 0. The Morgan fingerprint density at radius 3 is 2.08 bits per heavy atom. The summed E-state index contributed by atoms with van der Waals surface area (Å²) in [5.74, 6) is 0.345. The lowest BCUT2D eigenvalue weighted by Crippen LogP contribution is -2.10. The smallest absolute Gasteiger partial charge is 0.115 e. The molecule has 0 aliphatic rings. The molecule has 0 heterocycles. The molecule has 2 heteroatoms. The van der Waals surface area contributed by atoms with Crippen molar-refractivity contribution in [3.63, 3.8) is 0 Å². The first kappa shape index (κ1) is 11.7. The lowest BCUT2D eigenvalue weighted by molar-refractivity contribution is -0.0979. The summed E-state index contributed by atoms with van der Waals surface area (Å²) in [5.41, 5.74) is 1.29. The molecule has 2 nitrogen and oxygen atoms in total. The van der Waals surface area contributed by atoms with Gasteiger partial charge in [-0.2, -0.15) is 0 Å². The van der Waals surface area contributed by atoms with Crippen molar-refractivity contribution in [1.29, 1.82) is 0 Å². The minimum Gasteiger partial charge on any atom is -0.508 e. The maximum Gasteiger partial charge on any atom is 0.115 e. The zero-order valence-corrected chi connectivity index (χ0v) is 8.37. The SMILES string of the molecule is C=O.CC(C)(C)c1cccc(O)c1. The van der Waals surface area contributed by atoms with Gasteiger partial charge in [0.05, 0.1) is 0 Å². The van der Waals surface area contributed by atoms with E-state index in [4.69, 9.17) is 4.79 Å². The number of phenolic OH excluding ortho intramolecular Hbond substituents is 1. The fraction of sp³-hybridized carbons (Fsp3) is 0.364. The van der Waals surface area contributed by atoms with E-state index in [-0.39, 0.29) is 5.41 Å². The Kier molecular flexibility index (Phi) is 4.18.